The molecule has 3 rings (SSSR count). The van der Waals surface area contributed by atoms with E-state index in [0.29, 0.717) is 12.4 Å². The summed E-state index contributed by atoms with van der Waals surface area (Å²) in [6.07, 6.45) is 5.59. The highest BCUT2D eigenvalue weighted by molar-refractivity contribution is 5.34. The van der Waals surface area contributed by atoms with Gasteiger partial charge in [-0.05, 0) is 19.2 Å². The molecule has 0 aliphatic carbocycles. The van der Waals surface area contributed by atoms with Gasteiger partial charge in [-0.15, -0.1) is 0 Å². The zero-order valence-electron chi connectivity index (χ0n) is 11.3. The number of imidazole rings is 1. The van der Waals surface area contributed by atoms with Crippen molar-refractivity contribution in [1.82, 2.24) is 19.7 Å². The molecule has 102 valence electrons. The highest BCUT2D eigenvalue weighted by atomic mass is 16.5. The molecule has 0 aliphatic heterocycles. The topological polar surface area (TPSA) is 51.5 Å². The Morgan fingerprint density at radius 2 is 2.15 bits per heavy atom. The van der Waals surface area contributed by atoms with E-state index in [9.17, 15) is 0 Å². The molecule has 5 heteroatoms. The fourth-order valence-corrected chi connectivity index (χ4v) is 2.08. The molecule has 3 aromatic rings. The van der Waals surface area contributed by atoms with Gasteiger partial charge in [0.2, 0.25) is 5.78 Å². The first kappa shape index (κ1) is 12.6. The van der Waals surface area contributed by atoms with Crippen molar-refractivity contribution in [2.75, 3.05) is 7.05 Å². The second-order valence-electron chi connectivity index (χ2n) is 4.49. The van der Waals surface area contributed by atoms with E-state index in [2.05, 4.69) is 21.4 Å². The Morgan fingerprint density at radius 3 is 3.00 bits per heavy atom. The van der Waals surface area contributed by atoms with E-state index in [1.807, 2.05) is 48.1 Å². The second kappa shape index (κ2) is 5.71. The molecule has 5 nitrogen and oxygen atoms in total. The van der Waals surface area contributed by atoms with E-state index in [1.165, 1.54) is 0 Å². The molecular formula is C15H16N4O. The molecule has 0 unspecified atom stereocenters. The number of aromatic nitrogens is 3. The van der Waals surface area contributed by atoms with Crippen LogP contribution in [0.5, 0.6) is 5.75 Å². The largest absolute Gasteiger partial charge is 0.487 e. The average Bonchev–Trinajstić information content (AvgIpc) is 2.89. The first-order valence-corrected chi connectivity index (χ1v) is 6.51. The number of nitrogens with one attached hydrogen (secondary N) is 1. The van der Waals surface area contributed by atoms with Gasteiger partial charge in [-0.3, -0.25) is 4.40 Å². The van der Waals surface area contributed by atoms with E-state index in [1.54, 1.807) is 6.20 Å². The fourth-order valence-electron chi connectivity index (χ4n) is 2.08. The van der Waals surface area contributed by atoms with Crippen LogP contribution in [0.4, 0.5) is 0 Å². The van der Waals surface area contributed by atoms with Crippen molar-refractivity contribution in [3.05, 3.63) is 60.2 Å². The molecule has 0 amide bonds. The van der Waals surface area contributed by atoms with Crippen LogP contribution in [0.3, 0.4) is 0 Å². The summed E-state index contributed by atoms with van der Waals surface area (Å²) in [6.45, 7) is 1.22. The molecule has 0 radical (unpaired) electrons. The molecule has 0 aliphatic rings. The Balaban J connectivity index is 1.76. The fraction of sp³-hybridized carbons (Fsp3) is 0.200. The predicted octanol–water partition coefficient (Wildman–Crippen LogP) is 2.03. The lowest BCUT2D eigenvalue weighted by Gasteiger charge is -2.09. The standard InChI is InChI=1S/C15H16N4O/c1-16-9-12-5-2-3-6-14(12)20-11-13-10-19-8-4-7-17-15(19)18-13/h2-8,10,16H,9,11H2,1H3. The van der Waals surface area contributed by atoms with Gasteiger partial charge >= 0.3 is 0 Å². The highest BCUT2D eigenvalue weighted by Gasteiger charge is 2.05. The minimum absolute atomic E-state index is 0.435. The number of para-hydroxylation sites is 1. The van der Waals surface area contributed by atoms with Gasteiger partial charge in [0, 0.05) is 30.7 Å². The van der Waals surface area contributed by atoms with E-state index in [-0.39, 0.29) is 0 Å². The lowest BCUT2D eigenvalue weighted by Crippen LogP contribution is -2.07. The number of nitrogens with zero attached hydrogens (tertiary/aromatic N) is 3. The lowest BCUT2D eigenvalue weighted by atomic mass is 10.2. The van der Waals surface area contributed by atoms with Crippen LogP contribution < -0.4 is 10.1 Å². The van der Waals surface area contributed by atoms with Crippen LogP contribution in [-0.4, -0.2) is 21.4 Å². The molecule has 0 atom stereocenters. The van der Waals surface area contributed by atoms with Crippen molar-refractivity contribution < 1.29 is 4.74 Å². The van der Waals surface area contributed by atoms with Gasteiger partial charge < -0.3 is 10.1 Å². The summed E-state index contributed by atoms with van der Waals surface area (Å²) in [7, 11) is 1.92. The van der Waals surface area contributed by atoms with Crippen LogP contribution in [0.25, 0.3) is 5.78 Å². The normalized spacial score (nSPS) is 10.8. The number of benzene rings is 1. The monoisotopic (exact) mass is 268 g/mol. The molecule has 0 saturated carbocycles. The summed E-state index contributed by atoms with van der Waals surface area (Å²) in [5.41, 5.74) is 2.00. The molecule has 0 fully saturated rings. The Kier molecular flexibility index (Phi) is 3.60. The second-order valence-corrected chi connectivity index (χ2v) is 4.49. The van der Waals surface area contributed by atoms with Crippen LogP contribution in [0.1, 0.15) is 11.3 Å². The van der Waals surface area contributed by atoms with Crippen molar-refractivity contribution >= 4 is 5.78 Å². The Morgan fingerprint density at radius 1 is 1.25 bits per heavy atom. The maximum absolute atomic E-state index is 5.86. The van der Waals surface area contributed by atoms with E-state index >= 15 is 0 Å². The maximum Gasteiger partial charge on any atom is 0.234 e. The number of hydrogen-bond acceptors (Lipinski definition) is 4. The molecule has 1 N–H and O–H groups in total. The molecule has 2 aromatic heterocycles. The van der Waals surface area contributed by atoms with E-state index < -0.39 is 0 Å². The highest BCUT2D eigenvalue weighted by Crippen LogP contribution is 2.19. The lowest BCUT2D eigenvalue weighted by molar-refractivity contribution is 0.298. The zero-order valence-corrected chi connectivity index (χ0v) is 11.3. The average molecular weight is 268 g/mol. The third kappa shape index (κ3) is 2.62. The van der Waals surface area contributed by atoms with E-state index in [4.69, 9.17) is 4.74 Å². The molecule has 0 bridgehead atoms. The minimum atomic E-state index is 0.435. The zero-order chi connectivity index (χ0) is 13.8. The van der Waals surface area contributed by atoms with Crippen molar-refractivity contribution in [2.45, 2.75) is 13.2 Å². The summed E-state index contributed by atoms with van der Waals surface area (Å²) >= 11 is 0. The van der Waals surface area contributed by atoms with Crippen LogP contribution in [0.15, 0.2) is 48.9 Å². The van der Waals surface area contributed by atoms with Crippen molar-refractivity contribution in [3.8, 4) is 5.75 Å². The third-order valence-electron chi connectivity index (χ3n) is 3.00. The summed E-state index contributed by atoms with van der Waals surface area (Å²) < 4.78 is 7.75. The molecule has 0 saturated heterocycles. The van der Waals surface area contributed by atoms with Crippen LogP contribution in [0, 0.1) is 0 Å². The SMILES string of the molecule is CNCc1ccccc1OCc1cn2cccnc2n1. The quantitative estimate of drug-likeness (QED) is 0.769. The number of fused-ring (bicyclic) bond motifs is 1. The maximum atomic E-state index is 5.86. The number of rotatable bonds is 5. The van der Waals surface area contributed by atoms with Gasteiger partial charge in [0.15, 0.2) is 0 Å². The Hall–Kier alpha value is -2.40. The minimum Gasteiger partial charge on any atom is -0.487 e. The van der Waals surface area contributed by atoms with Crippen LogP contribution in [-0.2, 0) is 13.2 Å². The summed E-state index contributed by atoms with van der Waals surface area (Å²) in [6, 6.07) is 9.88. The first-order valence-electron chi connectivity index (χ1n) is 6.51. The van der Waals surface area contributed by atoms with Gasteiger partial charge in [0.1, 0.15) is 12.4 Å². The van der Waals surface area contributed by atoms with Crippen molar-refractivity contribution in [3.63, 3.8) is 0 Å². The Bertz CT molecular complexity index is 675. The third-order valence-corrected chi connectivity index (χ3v) is 3.00. The number of ether oxygens (including phenoxy) is 1. The Labute approximate surface area is 117 Å². The first-order chi connectivity index (χ1) is 9.86. The summed E-state index contributed by atoms with van der Waals surface area (Å²) in [4.78, 5) is 8.60. The van der Waals surface area contributed by atoms with Gasteiger partial charge in [0.05, 0.1) is 5.69 Å². The van der Waals surface area contributed by atoms with Crippen LogP contribution >= 0.6 is 0 Å². The van der Waals surface area contributed by atoms with Crippen molar-refractivity contribution in [2.24, 2.45) is 0 Å². The van der Waals surface area contributed by atoms with Crippen LogP contribution in [0.2, 0.25) is 0 Å². The van der Waals surface area contributed by atoms with Crippen molar-refractivity contribution in [1.29, 1.82) is 0 Å². The number of hydrogen-bond donors (Lipinski definition) is 1. The molecule has 1 aromatic carbocycles. The molecule has 0 spiro atoms. The van der Waals surface area contributed by atoms with Gasteiger partial charge in [-0.1, -0.05) is 18.2 Å². The predicted molar refractivity (Wildman–Crippen MR) is 76.5 cm³/mol. The molecular weight excluding hydrogens is 252 g/mol. The van der Waals surface area contributed by atoms with Gasteiger partial charge in [0.25, 0.3) is 0 Å². The molecule has 2 heterocycles. The molecule has 20 heavy (non-hydrogen) atoms. The van der Waals surface area contributed by atoms with Gasteiger partial charge in [-0.25, -0.2) is 9.97 Å². The van der Waals surface area contributed by atoms with Gasteiger partial charge in [-0.2, -0.15) is 0 Å². The van der Waals surface area contributed by atoms with E-state index in [0.717, 1.165) is 23.6 Å². The summed E-state index contributed by atoms with van der Waals surface area (Å²) in [5, 5.41) is 3.13. The summed E-state index contributed by atoms with van der Waals surface area (Å²) in [5.74, 6) is 1.57. The smallest absolute Gasteiger partial charge is 0.234 e.